The summed E-state index contributed by atoms with van der Waals surface area (Å²) in [4.78, 5) is 37.9. The van der Waals surface area contributed by atoms with Gasteiger partial charge in [-0.1, -0.05) is 278 Å². The molecular formula is C55H106O6. The van der Waals surface area contributed by atoms with E-state index >= 15 is 0 Å². The maximum Gasteiger partial charge on any atom is 0.306 e. The fourth-order valence-electron chi connectivity index (χ4n) is 8.45. The Kier molecular flexibility index (Phi) is 49.7. The van der Waals surface area contributed by atoms with Crippen LogP contribution in [-0.2, 0) is 28.6 Å². The van der Waals surface area contributed by atoms with Crippen LogP contribution in [0, 0.1) is 0 Å². The summed E-state index contributed by atoms with van der Waals surface area (Å²) in [5.41, 5.74) is 0. The highest BCUT2D eigenvalue weighted by Gasteiger charge is 2.19. The van der Waals surface area contributed by atoms with Crippen LogP contribution < -0.4 is 0 Å². The zero-order chi connectivity index (χ0) is 44.4. The predicted octanol–water partition coefficient (Wildman–Crippen LogP) is 18.0. The average Bonchev–Trinajstić information content (AvgIpc) is 3.26. The van der Waals surface area contributed by atoms with Crippen molar-refractivity contribution in [2.75, 3.05) is 13.2 Å². The molecule has 0 spiro atoms. The maximum atomic E-state index is 12.8. The van der Waals surface area contributed by atoms with Gasteiger partial charge in [-0.05, 0) is 19.3 Å². The molecule has 0 aromatic heterocycles. The van der Waals surface area contributed by atoms with Crippen LogP contribution in [0.2, 0.25) is 0 Å². The predicted molar refractivity (Wildman–Crippen MR) is 261 cm³/mol. The van der Waals surface area contributed by atoms with Crippen LogP contribution in [0.1, 0.15) is 316 Å². The van der Waals surface area contributed by atoms with Crippen LogP contribution in [0.5, 0.6) is 0 Å². The lowest BCUT2D eigenvalue weighted by atomic mass is 10.0. The van der Waals surface area contributed by atoms with Gasteiger partial charge in [0.25, 0.3) is 0 Å². The minimum Gasteiger partial charge on any atom is -0.462 e. The third-order valence-corrected chi connectivity index (χ3v) is 12.6. The fourth-order valence-corrected chi connectivity index (χ4v) is 8.45. The molecule has 0 heterocycles. The smallest absolute Gasteiger partial charge is 0.306 e. The molecule has 0 saturated heterocycles. The lowest BCUT2D eigenvalue weighted by Gasteiger charge is -2.18. The molecule has 0 amide bonds. The minimum absolute atomic E-state index is 0.0620. The zero-order valence-electron chi connectivity index (χ0n) is 41.5. The monoisotopic (exact) mass is 863 g/mol. The number of unbranched alkanes of at least 4 members (excludes halogenated alkanes) is 40. The molecule has 0 aliphatic heterocycles. The Balaban J connectivity index is 4.15. The second-order valence-electron chi connectivity index (χ2n) is 18.9. The SMILES string of the molecule is CCCCCCCCCCCCCCCCCCCCC(=O)OC[C@@H](COC(=O)CCCCCCCCC)OC(=O)CCCCCCCCCCCCCCCCCCCC. The first kappa shape index (κ1) is 59.4. The van der Waals surface area contributed by atoms with Crippen LogP contribution in [0.25, 0.3) is 0 Å². The van der Waals surface area contributed by atoms with Gasteiger partial charge in [-0.3, -0.25) is 14.4 Å². The third kappa shape index (κ3) is 49.3. The molecule has 0 bridgehead atoms. The van der Waals surface area contributed by atoms with Gasteiger partial charge < -0.3 is 14.2 Å². The van der Waals surface area contributed by atoms with Crippen molar-refractivity contribution in [3.05, 3.63) is 0 Å². The Hall–Kier alpha value is -1.59. The number of ether oxygens (including phenoxy) is 3. The van der Waals surface area contributed by atoms with E-state index in [1.807, 2.05) is 0 Å². The molecule has 0 N–H and O–H groups in total. The first-order valence-electron chi connectivity index (χ1n) is 27.5. The topological polar surface area (TPSA) is 78.9 Å². The summed E-state index contributed by atoms with van der Waals surface area (Å²) in [5, 5.41) is 0. The van der Waals surface area contributed by atoms with E-state index < -0.39 is 6.10 Å². The van der Waals surface area contributed by atoms with Gasteiger partial charge in [0.1, 0.15) is 13.2 Å². The summed E-state index contributed by atoms with van der Waals surface area (Å²) in [6, 6.07) is 0. The zero-order valence-corrected chi connectivity index (χ0v) is 41.5. The number of carbonyl (C=O) groups excluding carboxylic acids is 3. The van der Waals surface area contributed by atoms with Gasteiger partial charge >= 0.3 is 17.9 Å². The van der Waals surface area contributed by atoms with Crippen LogP contribution in [0.15, 0.2) is 0 Å². The van der Waals surface area contributed by atoms with Crippen molar-refractivity contribution >= 4 is 17.9 Å². The first-order valence-corrected chi connectivity index (χ1v) is 27.5. The average molecular weight is 863 g/mol. The Morgan fingerprint density at radius 1 is 0.262 bits per heavy atom. The molecule has 362 valence electrons. The lowest BCUT2D eigenvalue weighted by Crippen LogP contribution is -2.30. The maximum absolute atomic E-state index is 12.8. The van der Waals surface area contributed by atoms with Gasteiger partial charge in [-0.2, -0.15) is 0 Å². The highest BCUT2D eigenvalue weighted by Crippen LogP contribution is 2.17. The normalized spacial score (nSPS) is 11.9. The molecule has 0 aliphatic rings. The molecule has 0 rings (SSSR count). The van der Waals surface area contributed by atoms with Gasteiger partial charge in [0.2, 0.25) is 0 Å². The van der Waals surface area contributed by atoms with Crippen molar-refractivity contribution in [1.82, 2.24) is 0 Å². The largest absolute Gasteiger partial charge is 0.462 e. The lowest BCUT2D eigenvalue weighted by molar-refractivity contribution is -0.167. The molecule has 0 fully saturated rings. The van der Waals surface area contributed by atoms with Crippen molar-refractivity contribution in [1.29, 1.82) is 0 Å². The van der Waals surface area contributed by atoms with Crippen LogP contribution >= 0.6 is 0 Å². The van der Waals surface area contributed by atoms with Gasteiger partial charge in [-0.25, -0.2) is 0 Å². The number of rotatable bonds is 51. The minimum atomic E-state index is -0.759. The number of carbonyl (C=O) groups is 3. The van der Waals surface area contributed by atoms with Crippen molar-refractivity contribution in [2.45, 2.75) is 322 Å². The molecule has 61 heavy (non-hydrogen) atoms. The molecule has 6 nitrogen and oxygen atoms in total. The molecular weight excluding hydrogens is 757 g/mol. The van der Waals surface area contributed by atoms with Gasteiger partial charge in [0.15, 0.2) is 6.10 Å². The summed E-state index contributed by atoms with van der Waals surface area (Å²) in [6.07, 6.45) is 55.4. The van der Waals surface area contributed by atoms with Gasteiger partial charge in [0, 0.05) is 19.3 Å². The highest BCUT2D eigenvalue weighted by atomic mass is 16.6. The molecule has 0 aromatic carbocycles. The Labute approximate surface area is 380 Å². The van der Waals surface area contributed by atoms with E-state index in [1.54, 1.807) is 0 Å². The second-order valence-corrected chi connectivity index (χ2v) is 18.9. The summed E-state index contributed by atoms with van der Waals surface area (Å²) in [5.74, 6) is -0.845. The molecule has 0 aromatic rings. The molecule has 6 heteroatoms. The quantitative estimate of drug-likeness (QED) is 0.0344. The number of esters is 3. The summed E-state index contributed by atoms with van der Waals surface area (Å²) in [7, 11) is 0. The Morgan fingerprint density at radius 3 is 0.656 bits per heavy atom. The van der Waals surface area contributed by atoms with Crippen molar-refractivity contribution in [3.63, 3.8) is 0 Å². The van der Waals surface area contributed by atoms with E-state index in [9.17, 15) is 14.4 Å². The van der Waals surface area contributed by atoms with E-state index in [0.717, 1.165) is 57.8 Å². The van der Waals surface area contributed by atoms with Crippen LogP contribution in [0.4, 0.5) is 0 Å². The van der Waals surface area contributed by atoms with Gasteiger partial charge in [0.05, 0.1) is 0 Å². The molecule has 1 atom stereocenters. The number of hydrogen-bond donors (Lipinski definition) is 0. The van der Waals surface area contributed by atoms with Crippen LogP contribution in [0.3, 0.4) is 0 Å². The Morgan fingerprint density at radius 2 is 0.443 bits per heavy atom. The first-order chi connectivity index (χ1) is 30.0. The highest BCUT2D eigenvalue weighted by molar-refractivity contribution is 5.71. The van der Waals surface area contributed by atoms with Crippen molar-refractivity contribution in [2.24, 2.45) is 0 Å². The van der Waals surface area contributed by atoms with E-state index in [1.165, 1.54) is 218 Å². The van der Waals surface area contributed by atoms with E-state index in [0.29, 0.717) is 19.3 Å². The van der Waals surface area contributed by atoms with E-state index in [2.05, 4.69) is 20.8 Å². The molecule has 0 saturated carbocycles. The number of hydrogen-bond acceptors (Lipinski definition) is 6. The molecule has 0 radical (unpaired) electrons. The molecule has 0 unspecified atom stereocenters. The van der Waals surface area contributed by atoms with Crippen molar-refractivity contribution in [3.8, 4) is 0 Å². The van der Waals surface area contributed by atoms with E-state index in [4.69, 9.17) is 14.2 Å². The van der Waals surface area contributed by atoms with Crippen LogP contribution in [-0.4, -0.2) is 37.2 Å². The van der Waals surface area contributed by atoms with Crippen molar-refractivity contribution < 1.29 is 28.6 Å². The van der Waals surface area contributed by atoms with E-state index in [-0.39, 0.29) is 31.1 Å². The fraction of sp³-hybridized carbons (Fsp3) is 0.945. The second kappa shape index (κ2) is 51.0. The Bertz CT molecular complexity index is 905. The summed E-state index contributed by atoms with van der Waals surface area (Å²) >= 11 is 0. The summed E-state index contributed by atoms with van der Waals surface area (Å²) in [6.45, 7) is 6.66. The molecule has 0 aliphatic carbocycles. The third-order valence-electron chi connectivity index (χ3n) is 12.6. The summed E-state index contributed by atoms with van der Waals surface area (Å²) < 4.78 is 16.8. The van der Waals surface area contributed by atoms with Gasteiger partial charge in [-0.15, -0.1) is 0 Å². The standard InChI is InChI=1S/C55H106O6/c1-4-7-10-13-16-18-20-22-24-26-28-30-32-34-36-39-42-45-48-54(57)60-51-52(50-59-53(56)47-44-41-38-15-12-9-6-3)61-55(58)49-46-43-40-37-35-33-31-29-27-25-23-21-19-17-14-11-8-5-2/h52H,4-51H2,1-3H3/t52-/m1/s1.